The molecule has 1 saturated heterocycles. The van der Waals surface area contributed by atoms with Crippen LogP contribution in [0.5, 0.6) is 0 Å². The third-order valence-electron chi connectivity index (χ3n) is 9.38. The number of carboxylic acids is 3. The van der Waals surface area contributed by atoms with Crippen molar-refractivity contribution in [1.29, 1.82) is 0 Å². The van der Waals surface area contributed by atoms with Crippen LogP contribution in [0.4, 0.5) is 17.5 Å². The van der Waals surface area contributed by atoms with Crippen LogP contribution in [0.25, 0.3) is 22.3 Å². The van der Waals surface area contributed by atoms with Gasteiger partial charge in [-0.15, -0.1) is 0 Å². The fourth-order valence-electron chi connectivity index (χ4n) is 6.28. The molecule has 1 aromatic carbocycles. The van der Waals surface area contributed by atoms with Crippen LogP contribution in [0, 0.1) is 0 Å². The summed E-state index contributed by atoms with van der Waals surface area (Å²) in [5.74, 6) is -4.82. The monoisotopic (exact) mass is 838 g/mol. The molecule has 312 valence electrons. The highest BCUT2D eigenvalue weighted by Crippen LogP contribution is 2.33. The van der Waals surface area contributed by atoms with Crippen LogP contribution < -0.4 is 33.0 Å². The number of benzene rings is 1. The fraction of sp³-hybridized carbons (Fsp3) is 0.382. The first-order valence-electron chi connectivity index (χ1n) is 17.7. The predicted molar refractivity (Wildman–Crippen MR) is 209 cm³/mol. The van der Waals surface area contributed by atoms with E-state index >= 15 is 0 Å². The number of aliphatic hydroxyl groups excluding tert-OH is 2. The molecule has 4 aromatic heterocycles. The molecule has 0 saturated carbocycles. The number of nitrogen functional groups attached to an aromatic ring is 2. The molecular formula is C34H40N13O11S+. The van der Waals surface area contributed by atoms with Crippen LogP contribution >= 0.6 is 0 Å². The van der Waals surface area contributed by atoms with E-state index in [1.165, 1.54) is 47.7 Å². The average Bonchev–Trinajstić information content (AvgIpc) is 3.74. The number of nitrogens with one attached hydrogen (secondary N) is 4. The fourth-order valence-corrected chi connectivity index (χ4v) is 7.93. The minimum Gasteiger partial charge on any atom is -0.480 e. The number of aromatic amines is 1. The normalized spacial score (nSPS) is 19.8. The SMILES string of the molecule is C[S+](CC[C@H](NC(C[C@H](NC(=O)c1ccc(NCc2cnc3nc(N)[nH]c(=O)c3n2)cc1)C(=O)O)C(=O)O)C(=O)O)C[C@H]1O[C@@H](n2cnc3c(N)ncnc32)[C@H](O)[C@@H]1O. The molecule has 6 rings (SSSR count). The quantitative estimate of drug-likeness (QED) is 0.0412. The van der Waals surface area contributed by atoms with Crippen molar-refractivity contribution in [3.8, 4) is 0 Å². The van der Waals surface area contributed by atoms with E-state index in [-0.39, 0.29) is 64.1 Å². The Labute approximate surface area is 334 Å². The van der Waals surface area contributed by atoms with Crippen molar-refractivity contribution in [1.82, 2.24) is 50.1 Å². The third kappa shape index (κ3) is 9.78. The molecule has 5 heterocycles. The molecule has 0 radical (unpaired) electrons. The molecule has 5 aromatic rings. The van der Waals surface area contributed by atoms with Gasteiger partial charge in [-0.2, -0.15) is 4.98 Å². The van der Waals surface area contributed by atoms with E-state index < -0.39 is 89.4 Å². The highest BCUT2D eigenvalue weighted by atomic mass is 32.2. The molecular weight excluding hydrogens is 799 g/mol. The maximum Gasteiger partial charge on any atom is 0.326 e. The van der Waals surface area contributed by atoms with Crippen molar-refractivity contribution < 1.29 is 49.4 Å². The molecule has 8 atom stereocenters. The summed E-state index contributed by atoms with van der Waals surface area (Å²) in [4.78, 5) is 88.6. The van der Waals surface area contributed by atoms with E-state index in [1.54, 1.807) is 6.26 Å². The molecule has 13 N–H and O–H groups in total. The average molecular weight is 839 g/mol. The van der Waals surface area contributed by atoms with Crippen LogP contribution in [-0.4, -0.2) is 143 Å². The number of carbonyl (C=O) groups excluding carboxylic acids is 1. The lowest BCUT2D eigenvalue weighted by Crippen LogP contribution is -2.52. The van der Waals surface area contributed by atoms with Crippen molar-refractivity contribution in [2.24, 2.45) is 0 Å². The Morgan fingerprint density at radius 1 is 0.932 bits per heavy atom. The van der Waals surface area contributed by atoms with Gasteiger partial charge in [0.2, 0.25) is 5.95 Å². The molecule has 0 aliphatic carbocycles. The second-order valence-corrected chi connectivity index (χ2v) is 15.8. The molecule has 1 aliphatic rings. The number of hydrogen-bond donors (Lipinski definition) is 11. The van der Waals surface area contributed by atoms with E-state index in [0.717, 1.165) is 0 Å². The molecule has 1 aliphatic heterocycles. The number of carbonyl (C=O) groups is 4. The number of anilines is 3. The number of carboxylic acid groups (broad SMARTS) is 3. The molecule has 0 bridgehead atoms. The van der Waals surface area contributed by atoms with Gasteiger partial charge in [0.1, 0.15) is 59.8 Å². The van der Waals surface area contributed by atoms with Gasteiger partial charge in [-0.1, -0.05) is 0 Å². The predicted octanol–water partition coefficient (Wildman–Crippen LogP) is -2.34. The van der Waals surface area contributed by atoms with Crippen LogP contribution in [0.2, 0.25) is 0 Å². The van der Waals surface area contributed by atoms with Gasteiger partial charge < -0.3 is 52.4 Å². The lowest BCUT2D eigenvalue weighted by atomic mass is 10.0. The first-order valence-corrected chi connectivity index (χ1v) is 19.7. The second kappa shape index (κ2) is 17.9. The molecule has 24 nitrogen and oxygen atoms in total. The van der Waals surface area contributed by atoms with Gasteiger partial charge in [0.25, 0.3) is 11.5 Å². The van der Waals surface area contributed by atoms with Gasteiger partial charge in [-0.05, 0) is 35.2 Å². The number of imidazole rings is 1. The van der Waals surface area contributed by atoms with Gasteiger partial charge in [0.05, 0.1) is 31.0 Å². The topological polar surface area (TPSA) is 382 Å². The summed E-state index contributed by atoms with van der Waals surface area (Å²) in [6.07, 6.45) is 0.439. The van der Waals surface area contributed by atoms with Gasteiger partial charge in [-0.25, -0.2) is 29.7 Å². The number of H-pyrrole nitrogens is 1. The number of rotatable bonds is 18. The minimum absolute atomic E-state index is 0.000384. The highest BCUT2D eigenvalue weighted by Gasteiger charge is 2.47. The standard InChI is InChI=1S/C34H39N13O11S/c1-59(11-20-23(48)24(49)30(58-20)47-13-41-21-25(35)39-12-40-27(21)47)7-6-17(31(52)53)43-18(32(54)55)8-19(33(56)57)44-28(50)14-2-4-15(5-3-14)37-9-16-10-38-26-22(42-16)29(51)46-34(36)45-26/h2-5,10,12-13,17-20,23-24,30,43,48-49H,6-9,11H2,1H3,(H9-,35,36,37,38,39,40,44,45,46,50,51,52,53,54,55,56,57)/p+1/t17-,18?,19-,20+,23+,24+,30+,59?/m0/s1. The Hall–Kier alpha value is -6.54. The van der Waals surface area contributed by atoms with Gasteiger partial charge in [0, 0.05) is 24.1 Å². The van der Waals surface area contributed by atoms with Crippen LogP contribution in [0.3, 0.4) is 0 Å². The zero-order valence-corrected chi connectivity index (χ0v) is 31.8. The molecule has 2 unspecified atom stereocenters. The minimum atomic E-state index is -1.72. The zero-order valence-electron chi connectivity index (χ0n) is 31.0. The van der Waals surface area contributed by atoms with Crippen LogP contribution in [0.1, 0.15) is 35.1 Å². The number of hydrogen-bond acceptors (Lipinski definition) is 18. The molecule has 25 heteroatoms. The Morgan fingerprint density at radius 2 is 1.64 bits per heavy atom. The summed E-state index contributed by atoms with van der Waals surface area (Å²) in [6, 6.07) is 1.02. The second-order valence-electron chi connectivity index (χ2n) is 13.5. The smallest absolute Gasteiger partial charge is 0.326 e. The molecule has 1 amide bonds. The number of amides is 1. The largest absolute Gasteiger partial charge is 0.480 e. The Balaban J connectivity index is 1.01. The van der Waals surface area contributed by atoms with Crippen molar-refractivity contribution in [2.75, 3.05) is 34.5 Å². The Kier molecular flexibility index (Phi) is 12.8. The van der Waals surface area contributed by atoms with Crippen molar-refractivity contribution in [3.63, 3.8) is 0 Å². The van der Waals surface area contributed by atoms with Crippen molar-refractivity contribution in [2.45, 2.75) is 62.1 Å². The lowest BCUT2D eigenvalue weighted by Gasteiger charge is -2.23. The van der Waals surface area contributed by atoms with E-state index in [9.17, 15) is 49.5 Å². The van der Waals surface area contributed by atoms with Crippen molar-refractivity contribution in [3.05, 3.63) is 64.7 Å². The third-order valence-corrected chi connectivity index (χ3v) is 11.2. The summed E-state index contributed by atoms with van der Waals surface area (Å²) in [7, 11) is -0.615. The number of nitrogens with zero attached hydrogens (tertiary/aromatic N) is 7. The van der Waals surface area contributed by atoms with Gasteiger partial charge in [-0.3, -0.25) is 34.0 Å². The molecule has 59 heavy (non-hydrogen) atoms. The molecule has 1 fully saturated rings. The Bertz CT molecular complexity index is 2420. The number of aliphatic carboxylic acids is 3. The summed E-state index contributed by atoms with van der Waals surface area (Å²) in [5, 5.41) is 59.2. The zero-order chi connectivity index (χ0) is 42.5. The van der Waals surface area contributed by atoms with Crippen LogP contribution in [0.15, 0.2) is 47.9 Å². The Morgan fingerprint density at radius 3 is 2.34 bits per heavy atom. The van der Waals surface area contributed by atoms with E-state index in [2.05, 4.69) is 50.8 Å². The maximum absolute atomic E-state index is 13.1. The lowest BCUT2D eigenvalue weighted by molar-refractivity contribution is -0.143. The van der Waals surface area contributed by atoms with Crippen LogP contribution in [-0.2, 0) is 36.6 Å². The van der Waals surface area contributed by atoms with E-state index in [4.69, 9.17) is 16.2 Å². The summed E-state index contributed by atoms with van der Waals surface area (Å²) >= 11 is 0. The highest BCUT2D eigenvalue weighted by molar-refractivity contribution is 7.96. The number of nitrogens with two attached hydrogens (primary N) is 2. The van der Waals surface area contributed by atoms with Gasteiger partial charge >= 0.3 is 17.9 Å². The summed E-state index contributed by atoms with van der Waals surface area (Å²) < 4.78 is 7.42. The van der Waals surface area contributed by atoms with E-state index in [0.29, 0.717) is 11.4 Å². The van der Waals surface area contributed by atoms with Crippen molar-refractivity contribution >= 4 is 74.5 Å². The maximum atomic E-state index is 13.1. The first kappa shape index (κ1) is 42.1. The number of aliphatic hydroxyl groups is 2. The van der Waals surface area contributed by atoms with E-state index in [1.807, 2.05) is 0 Å². The first-order chi connectivity index (χ1) is 28.1. The number of ether oxygens (including phenoxy) is 1. The van der Waals surface area contributed by atoms with Gasteiger partial charge in [0.15, 0.2) is 28.9 Å². The summed E-state index contributed by atoms with van der Waals surface area (Å²) in [5.41, 5.74) is 12.5. The number of aromatic nitrogens is 8. The molecule has 0 spiro atoms. The summed E-state index contributed by atoms with van der Waals surface area (Å²) in [6.45, 7) is 0.139. The number of fused-ring (bicyclic) bond motifs is 2.